The minimum atomic E-state index is 0.247. The smallest absolute Gasteiger partial charge is 0.173 e. The first kappa shape index (κ1) is 11.8. The second-order valence-corrected chi connectivity index (χ2v) is 3.91. The molecule has 0 atom stereocenters. The van der Waals surface area contributed by atoms with Crippen LogP contribution in [-0.2, 0) is 6.54 Å². The molecule has 2 aromatic heterocycles. The Hall–Kier alpha value is -1.69. The van der Waals surface area contributed by atoms with Gasteiger partial charge in [-0.3, -0.25) is 5.41 Å². The predicted molar refractivity (Wildman–Crippen MR) is 65.5 cm³/mol. The molecule has 2 aromatic rings. The topological polar surface area (TPSA) is 73.6 Å². The number of likely N-dealkylation sites (N-methyl/N-ethyl adjacent to an activating group) is 1. The van der Waals surface area contributed by atoms with E-state index in [0.29, 0.717) is 5.52 Å². The second-order valence-electron chi connectivity index (χ2n) is 3.91. The van der Waals surface area contributed by atoms with E-state index in [1.54, 1.807) is 12.7 Å². The minimum Gasteiger partial charge on any atom is -0.340 e. The molecule has 2 N–H and O–H groups in total. The summed E-state index contributed by atoms with van der Waals surface area (Å²) in [6.07, 6.45) is 3.30. The van der Waals surface area contributed by atoms with Gasteiger partial charge in [-0.1, -0.05) is 13.8 Å². The monoisotopic (exact) mass is 234 g/mol. The Balaban J connectivity index is 2.22. The molecule has 6 nitrogen and oxygen atoms in total. The molecule has 0 saturated heterocycles. The van der Waals surface area contributed by atoms with Crippen LogP contribution in [0.5, 0.6) is 0 Å². The van der Waals surface area contributed by atoms with Gasteiger partial charge >= 0.3 is 0 Å². The summed E-state index contributed by atoms with van der Waals surface area (Å²) < 4.78 is 1.99. The molecule has 0 radical (unpaired) electrons. The molecule has 6 heteroatoms. The second kappa shape index (κ2) is 5.09. The standard InChI is InChI=1S/C11H18N6/c1-3-16(4-2)5-6-17-8-15-10(12)9-11(17)14-7-13-9/h7-8,12H,3-6H2,1-2H3,(H,13,14). The summed E-state index contributed by atoms with van der Waals surface area (Å²) in [6, 6.07) is 0. The van der Waals surface area contributed by atoms with E-state index in [2.05, 4.69) is 33.7 Å². The highest BCUT2D eigenvalue weighted by Gasteiger charge is 2.05. The number of nitrogens with one attached hydrogen (secondary N) is 2. The number of imidazole rings is 1. The predicted octanol–water partition coefficient (Wildman–Crippen LogP) is 0.581. The van der Waals surface area contributed by atoms with Crippen LogP contribution in [0.4, 0.5) is 0 Å². The number of hydrogen-bond acceptors (Lipinski definition) is 4. The number of H-pyrrole nitrogens is 1. The quantitative estimate of drug-likeness (QED) is 0.794. The Labute approximate surface area is 99.8 Å². The SMILES string of the molecule is CCN(CC)CCn1cnc(=N)c2[nH]cnc21. The first-order valence-corrected chi connectivity index (χ1v) is 5.91. The van der Waals surface area contributed by atoms with Gasteiger partial charge in [0, 0.05) is 13.1 Å². The van der Waals surface area contributed by atoms with Gasteiger partial charge in [0.25, 0.3) is 0 Å². The van der Waals surface area contributed by atoms with Crippen molar-refractivity contribution in [3.05, 3.63) is 18.1 Å². The van der Waals surface area contributed by atoms with Crippen molar-refractivity contribution in [1.29, 1.82) is 5.41 Å². The first-order chi connectivity index (χ1) is 8.26. The zero-order valence-electron chi connectivity index (χ0n) is 10.3. The lowest BCUT2D eigenvalue weighted by Crippen LogP contribution is -2.27. The number of aromatic amines is 1. The van der Waals surface area contributed by atoms with Gasteiger partial charge in [0.05, 0.1) is 12.7 Å². The van der Waals surface area contributed by atoms with Crippen molar-refractivity contribution in [1.82, 2.24) is 24.4 Å². The highest BCUT2D eigenvalue weighted by Crippen LogP contribution is 2.02. The van der Waals surface area contributed by atoms with E-state index in [4.69, 9.17) is 5.41 Å². The molecule has 0 bridgehead atoms. The fourth-order valence-electron chi connectivity index (χ4n) is 1.88. The van der Waals surface area contributed by atoms with E-state index in [1.807, 2.05) is 4.57 Å². The number of nitrogens with zero attached hydrogens (tertiary/aromatic N) is 4. The van der Waals surface area contributed by atoms with Crippen molar-refractivity contribution in [3.63, 3.8) is 0 Å². The third-order valence-electron chi connectivity index (χ3n) is 3.01. The summed E-state index contributed by atoms with van der Waals surface area (Å²) in [4.78, 5) is 13.6. The Morgan fingerprint density at radius 2 is 2.12 bits per heavy atom. The first-order valence-electron chi connectivity index (χ1n) is 5.91. The van der Waals surface area contributed by atoms with Crippen LogP contribution in [-0.4, -0.2) is 44.1 Å². The summed E-state index contributed by atoms with van der Waals surface area (Å²) in [5, 5.41) is 7.66. The van der Waals surface area contributed by atoms with Crippen LogP contribution in [0.1, 0.15) is 13.8 Å². The molecular formula is C11H18N6. The number of hydrogen-bond donors (Lipinski definition) is 2. The number of aromatic nitrogens is 4. The Kier molecular flexibility index (Phi) is 3.53. The molecule has 2 heterocycles. The van der Waals surface area contributed by atoms with Crippen LogP contribution in [0.2, 0.25) is 0 Å². The molecule has 0 aliphatic heterocycles. The average molecular weight is 234 g/mol. The maximum Gasteiger partial charge on any atom is 0.173 e. The molecule has 0 aromatic carbocycles. The van der Waals surface area contributed by atoms with Crippen molar-refractivity contribution in [2.24, 2.45) is 0 Å². The van der Waals surface area contributed by atoms with Gasteiger partial charge in [-0.05, 0) is 13.1 Å². The lowest BCUT2D eigenvalue weighted by molar-refractivity contribution is 0.291. The molecule has 0 aliphatic carbocycles. The largest absolute Gasteiger partial charge is 0.340 e. The zero-order chi connectivity index (χ0) is 12.3. The van der Waals surface area contributed by atoms with Crippen molar-refractivity contribution in [2.45, 2.75) is 20.4 Å². The van der Waals surface area contributed by atoms with Crippen molar-refractivity contribution < 1.29 is 0 Å². The van der Waals surface area contributed by atoms with Crippen LogP contribution in [0.25, 0.3) is 11.2 Å². The van der Waals surface area contributed by atoms with Gasteiger partial charge in [0.1, 0.15) is 5.52 Å². The molecule has 17 heavy (non-hydrogen) atoms. The molecule has 0 saturated carbocycles. The molecular weight excluding hydrogens is 216 g/mol. The average Bonchev–Trinajstić information content (AvgIpc) is 2.83. The third-order valence-corrected chi connectivity index (χ3v) is 3.01. The third kappa shape index (κ3) is 2.36. The van der Waals surface area contributed by atoms with Crippen LogP contribution in [0.3, 0.4) is 0 Å². The van der Waals surface area contributed by atoms with Gasteiger partial charge in [0.2, 0.25) is 0 Å². The zero-order valence-corrected chi connectivity index (χ0v) is 10.3. The van der Waals surface area contributed by atoms with E-state index in [0.717, 1.165) is 31.8 Å². The van der Waals surface area contributed by atoms with E-state index < -0.39 is 0 Å². The lowest BCUT2D eigenvalue weighted by atomic mass is 10.4. The van der Waals surface area contributed by atoms with Crippen molar-refractivity contribution in [2.75, 3.05) is 19.6 Å². The normalized spacial score (nSPS) is 11.5. The van der Waals surface area contributed by atoms with Crippen LogP contribution in [0, 0.1) is 5.41 Å². The molecule has 92 valence electrons. The van der Waals surface area contributed by atoms with Gasteiger partial charge in [-0.2, -0.15) is 0 Å². The van der Waals surface area contributed by atoms with Crippen molar-refractivity contribution >= 4 is 11.2 Å². The van der Waals surface area contributed by atoms with E-state index in [9.17, 15) is 0 Å². The van der Waals surface area contributed by atoms with Crippen LogP contribution >= 0.6 is 0 Å². The maximum absolute atomic E-state index is 7.66. The Bertz CT molecular complexity index is 536. The van der Waals surface area contributed by atoms with Gasteiger partial charge < -0.3 is 14.5 Å². The summed E-state index contributed by atoms with van der Waals surface area (Å²) in [5.74, 6) is 0. The summed E-state index contributed by atoms with van der Waals surface area (Å²) in [6.45, 7) is 8.22. The van der Waals surface area contributed by atoms with E-state index in [-0.39, 0.29) is 5.49 Å². The molecule has 0 fully saturated rings. The van der Waals surface area contributed by atoms with E-state index >= 15 is 0 Å². The summed E-state index contributed by atoms with van der Waals surface area (Å²) in [5.41, 5.74) is 1.75. The molecule has 2 rings (SSSR count). The van der Waals surface area contributed by atoms with Gasteiger partial charge in [-0.15, -0.1) is 0 Å². The molecule has 0 amide bonds. The molecule has 0 spiro atoms. The van der Waals surface area contributed by atoms with Crippen molar-refractivity contribution in [3.8, 4) is 0 Å². The molecule has 0 unspecified atom stereocenters. The maximum atomic E-state index is 7.66. The number of fused-ring (bicyclic) bond motifs is 1. The molecule has 0 aliphatic rings. The van der Waals surface area contributed by atoms with Gasteiger partial charge in [-0.25, -0.2) is 9.97 Å². The van der Waals surface area contributed by atoms with Gasteiger partial charge in [0.15, 0.2) is 11.1 Å². The number of rotatable bonds is 5. The van der Waals surface area contributed by atoms with Crippen LogP contribution in [0.15, 0.2) is 12.7 Å². The van der Waals surface area contributed by atoms with E-state index in [1.165, 1.54) is 0 Å². The minimum absolute atomic E-state index is 0.247. The lowest BCUT2D eigenvalue weighted by Gasteiger charge is -2.18. The highest BCUT2D eigenvalue weighted by atomic mass is 15.2. The van der Waals surface area contributed by atoms with Crippen LogP contribution < -0.4 is 5.49 Å². The fraction of sp³-hybridized carbons (Fsp3) is 0.545. The Morgan fingerprint density at radius 3 is 2.82 bits per heavy atom. The fourth-order valence-corrected chi connectivity index (χ4v) is 1.88. The highest BCUT2D eigenvalue weighted by molar-refractivity contribution is 5.68. The summed E-state index contributed by atoms with van der Waals surface area (Å²) >= 11 is 0. The summed E-state index contributed by atoms with van der Waals surface area (Å²) in [7, 11) is 0. The Morgan fingerprint density at radius 1 is 1.35 bits per heavy atom.